The number of H-pyrrole nitrogens is 1. The summed E-state index contributed by atoms with van der Waals surface area (Å²) in [6, 6.07) is 14.0. The van der Waals surface area contributed by atoms with Crippen molar-refractivity contribution in [3.8, 4) is 0 Å². The third-order valence-electron chi connectivity index (χ3n) is 4.81. The summed E-state index contributed by atoms with van der Waals surface area (Å²) < 4.78 is 0. The SMILES string of the molecule is C[C@@H]1c2ccccc2C[C@H](C)N1C(=O)c1nc2c(Cl)cccc2[nH]1. The molecule has 2 atom stereocenters. The fourth-order valence-electron chi connectivity index (χ4n) is 3.67. The van der Waals surface area contributed by atoms with Gasteiger partial charge in [0, 0.05) is 6.04 Å². The molecule has 1 aliphatic rings. The third-order valence-corrected chi connectivity index (χ3v) is 5.12. The number of aromatic nitrogens is 2. The molecule has 0 radical (unpaired) electrons. The van der Waals surface area contributed by atoms with Gasteiger partial charge in [0.1, 0.15) is 5.52 Å². The Morgan fingerprint density at radius 2 is 2.00 bits per heavy atom. The molecule has 0 saturated carbocycles. The van der Waals surface area contributed by atoms with E-state index in [1.807, 2.05) is 23.1 Å². The number of carbonyl (C=O) groups excluding carboxylic acids is 1. The number of para-hydroxylation sites is 1. The zero-order chi connectivity index (χ0) is 16.8. The average molecular weight is 340 g/mol. The molecule has 0 spiro atoms. The van der Waals surface area contributed by atoms with Gasteiger partial charge < -0.3 is 9.88 Å². The summed E-state index contributed by atoms with van der Waals surface area (Å²) in [5.74, 6) is 0.257. The van der Waals surface area contributed by atoms with Gasteiger partial charge in [0.15, 0.2) is 5.82 Å². The number of amides is 1. The molecular weight excluding hydrogens is 322 g/mol. The highest BCUT2D eigenvalue weighted by molar-refractivity contribution is 6.35. The van der Waals surface area contributed by atoms with Crippen LogP contribution in [-0.2, 0) is 6.42 Å². The van der Waals surface area contributed by atoms with Crippen LogP contribution in [0.1, 0.15) is 41.6 Å². The molecule has 4 rings (SSSR count). The topological polar surface area (TPSA) is 49.0 Å². The smallest absolute Gasteiger partial charge is 0.290 e. The van der Waals surface area contributed by atoms with Crippen LogP contribution in [0.5, 0.6) is 0 Å². The van der Waals surface area contributed by atoms with Crippen LogP contribution >= 0.6 is 11.6 Å². The molecule has 1 N–H and O–H groups in total. The van der Waals surface area contributed by atoms with Crippen molar-refractivity contribution < 1.29 is 4.79 Å². The number of halogens is 1. The zero-order valence-electron chi connectivity index (χ0n) is 13.6. The maximum absolute atomic E-state index is 13.1. The molecule has 1 aromatic heterocycles. The minimum atomic E-state index is -0.0863. The summed E-state index contributed by atoms with van der Waals surface area (Å²) in [6.07, 6.45) is 0.854. The van der Waals surface area contributed by atoms with Gasteiger partial charge in [-0.15, -0.1) is 0 Å². The summed E-state index contributed by atoms with van der Waals surface area (Å²) >= 11 is 6.18. The number of fused-ring (bicyclic) bond motifs is 2. The predicted molar refractivity (Wildman–Crippen MR) is 95.3 cm³/mol. The van der Waals surface area contributed by atoms with E-state index < -0.39 is 0 Å². The van der Waals surface area contributed by atoms with Gasteiger partial charge in [-0.1, -0.05) is 41.9 Å². The molecule has 1 amide bonds. The largest absolute Gasteiger partial charge is 0.334 e. The molecule has 2 aromatic carbocycles. The maximum Gasteiger partial charge on any atom is 0.290 e. The summed E-state index contributed by atoms with van der Waals surface area (Å²) in [5, 5.41) is 0.549. The molecule has 0 aliphatic carbocycles. The van der Waals surface area contributed by atoms with Crippen LogP contribution in [0.3, 0.4) is 0 Å². The molecule has 24 heavy (non-hydrogen) atoms. The lowest BCUT2D eigenvalue weighted by molar-refractivity contribution is 0.0569. The Kier molecular flexibility index (Phi) is 3.57. The standard InChI is InChI=1S/C19H18ClN3O/c1-11-10-13-6-3-4-7-14(13)12(2)23(11)19(24)18-21-16-9-5-8-15(20)17(16)22-18/h3-9,11-12H,10H2,1-2H3,(H,21,22)/t11-,12+/m0/s1. The molecule has 0 bridgehead atoms. The number of nitrogens with zero attached hydrogens (tertiary/aromatic N) is 2. The summed E-state index contributed by atoms with van der Waals surface area (Å²) in [4.78, 5) is 22.6. The molecule has 0 saturated heterocycles. The summed E-state index contributed by atoms with van der Waals surface area (Å²) in [5.41, 5.74) is 3.94. The molecule has 2 heterocycles. The fraction of sp³-hybridized carbons (Fsp3) is 0.263. The van der Waals surface area contributed by atoms with Gasteiger partial charge in [-0.2, -0.15) is 0 Å². The van der Waals surface area contributed by atoms with Gasteiger partial charge in [0.2, 0.25) is 0 Å². The summed E-state index contributed by atoms with van der Waals surface area (Å²) in [6.45, 7) is 4.15. The number of nitrogens with one attached hydrogen (secondary N) is 1. The van der Waals surface area contributed by atoms with E-state index >= 15 is 0 Å². The molecule has 5 heteroatoms. The maximum atomic E-state index is 13.1. The highest BCUT2D eigenvalue weighted by Gasteiger charge is 2.34. The van der Waals surface area contributed by atoms with Gasteiger partial charge in [-0.05, 0) is 43.5 Å². The number of hydrogen-bond acceptors (Lipinski definition) is 2. The predicted octanol–water partition coefficient (Wildman–Crippen LogP) is 4.36. The monoisotopic (exact) mass is 339 g/mol. The van der Waals surface area contributed by atoms with Gasteiger partial charge in [-0.3, -0.25) is 4.79 Å². The molecule has 3 aromatic rings. The van der Waals surface area contributed by atoms with Crippen molar-refractivity contribution in [2.75, 3.05) is 0 Å². The number of benzene rings is 2. The van der Waals surface area contributed by atoms with Gasteiger partial charge in [0.05, 0.1) is 16.6 Å². The van der Waals surface area contributed by atoms with Gasteiger partial charge in [-0.25, -0.2) is 4.98 Å². The Morgan fingerprint density at radius 1 is 1.21 bits per heavy atom. The van der Waals surface area contributed by atoms with Crippen molar-refractivity contribution in [3.05, 3.63) is 64.4 Å². The average Bonchev–Trinajstić information content (AvgIpc) is 3.00. The van der Waals surface area contributed by atoms with Crippen molar-refractivity contribution in [1.29, 1.82) is 0 Å². The highest BCUT2D eigenvalue weighted by atomic mass is 35.5. The van der Waals surface area contributed by atoms with Crippen molar-refractivity contribution >= 4 is 28.5 Å². The quantitative estimate of drug-likeness (QED) is 0.716. The molecule has 0 fully saturated rings. The molecule has 0 unspecified atom stereocenters. The number of hydrogen-bond donors (Lipinski definition) is 1. The second-order valence-corrected chi connectivity index (χ2v) is 6.77. The van der Waals surface area contributed by atoms with Crippen molar-refractivity contribution in [3.63, 3.8) is 0 Å². The van der Waals surface area contributed by atoms with Crippen molar-refractivity contribution in [2.24, 2.45) is 0 Å². The first-order chi connectivity index (χ1) is 11.6. The Labute approximate surface area is 145 Å². The Hall–Kier alpha value is -2.33. The first kappa shape index (κ1) is 15.2. The van der Waals surface area contributed by atoms with E-state index in [-0.39, 0.29) is 18.0 Å². The van der Waals surface area contributed by atoms with Crippen LogP contribution in [0, 0.1) is 0 Å². The van der Waals surface area contributed by atoms with Crippen LogP contribution < -0.4 is 0 Å². The van der Waals surface area contributed by atoms with E-state index in [4.69, 9.17) is 11.6 Å². The number of rotatable bonds is 1. The minimum absolute atomic E-state index is 0.0149. The Bertz CT molecular complexity index is 933. The van der Waals surface area contributed by atoms with E-state index in [1.165, 1.54) is 11.1 Å². The summed E-state index contributed by atoms with van der Waals surface area (Å²) in [7, 11) is 0. The van der Waals surface area contributed by atoms with Gasteiger partial charge >= 0.3 is 0 Å². The van der Waals surface area contributed by atoms with Crippen LogP contribution in [0.4, 0.5) is 0 Å². The van der Waals surface area contributed by atoms with Crippen LogP contribution in [-0.4, -0.2) is 26.8 Å². The van der Waals surface area contributed by atoms with E-state index in [1.54, 1.807) is 6.07 Å². The molecule has 4 nitrogen and oxygen atoms in total. The van der Waals surface area contributed by atoms with E-state index in [0.717, 1.165) is 11.9 Å². The van der Waals surface area contributed by atoms with Crippen LogP contribution in [0.15, 0.2) is 42.5 Å². The lowest BCUT2D eigenvalue weighted by atomic mass is 9.89. The normalized spacial score (nSPS) is 20.2. The highest BCUT2D eigenvalue weighted by Crippen LogP contribution is 2.34. The van der Waals surface area contributed by atoms with Crippen molar-refractivity contribution in [1.82, 2.24) is 14.9 Å². The number of imidazole rings is 1. The number of carbonyl (C=O) groups is 1. The second kappa shape index (κ2) is 5.64. The van der Waals surface area contributed by atoms with Gasteiger partial charge in [0.25, 0.3) is 5.91 Å². The van der Waals surface area contributed by atoms with E-state index in [9.17, 15) is 4.79 Å². The van der Waals surface area contributed by atoms with E-state index in [0.29, 0.717) is 16.4 Å². The first-order valence-electron chi connectivity index (χ1n) is 8.11. The van der Waals surface area contributed by atoms with E-state index in [2.05, 4.69) is 42.0 Å². The fourth-order valence-corrected chi connectivity index (χ4v) is 3.89. The molecule has 122 valence electrons. The zero-order valence-corrected chi connectivity index (χ0v) is 14.3. The number of aromatic amines is 1. The lowest BCUT2D eigenvalue weighted by Crippen LogP contribution is -2.45. The molecular formula is C19H18ClN3O. The lowest BCUT2D eigenvalue weighted by Gasteiger charge is -2.39. The third kappa shape index (κ3) is 2.29. The molecule has 1 aliphatic heterocycles. The Morgan fingerprint density at radius 3 is 2.79 bits per heavy atom. The first-order valence-corrected chi connectivity index (χ1v) is 8.48. The van der Waals surface area contributed by atoms with Crippen molar-refractivity contribution in [2.45, 2.75) is 32.4 Å². The van der Waals surface area contributed by atoms with Crippen LogP contribution in [0.2, 0.25) is 5.02 Å². The minimum Gasteiger partial charge on any atom is -0.334 e. The van der Waals surface area contributed by atoms with Crippen LogP contribution in [0.25, 0.3) is 11.0 Å². The Balaban J connectivity index is 1.74. The second-order valence-electron chi connectivity index (χ2n) is 6.36.